The lowest BCUT2D eigenvalue weighted by molar-refractivity contribution is -0.137. The number of carbonyl (C=O) groups is 1. The smallest absolute Gasteiger partial charge is 0.323 e. The lowest BCUT2D eigenvalue weighted by atomic mass is 10.2. The number of hydrogen-bond acceptors (Lipinski definition) is 3. The van der Waals surface area contributed by atoms with Crippen LogP contribution in [0.25, 0.3) is 10.9 Å². The minimum Gasteiger partial charge on any atom is -0.480 e. The Bertz CT molecular complexity index is 1110. The highest BCUT2D eigenvalue weighted by Crippen LogP contribution is 2.32. The first-order valence-electron chi connectivity index (χ1n) is 8.22. The van der Waals surface area contributed by atoms with Crippen molar-refractivity contribution >= 4 is 26.9 Å². The third-order valence-electron chi connectivity index (χ3n) is 4.44. The van der Waals surface area contributed by atoms with Gasteiger partial charge in [-0.25, -0.2) is 12.8 Å². The van der Waals surface area contributed by atoms with Gasteiger partial charge >= 0.3 is 5.97 Å². The van der Waals surface area contributed by atoms with Crippen LogP contribution in [-0.2, 0) is 27.9 Å². The van der Waals surface area contributed by atoms with E-state index in [2.05, 4.69) is 0 Å². The summed E-state index contributed by atoms with van der Waals surface area (Å²) in [5, 5.41) is 9.34. The Hall–Kier alpha value is -2.71. The van der Waals surface area contributed by atoms with Gasteiger partial charge in [0.2, 0.25) is 10.0 Å². The molecule has 1 aromatic heterocycles. The molecular formula is C19H19FN2O4S. The zero-order valence-corrected chi connectivity index (χ0v) is 15.7. The van der Waals surface area contributed by atoms with Crippen LogP contribution in [0.15, 0.2) is 53.4 Å². The number of carboxylic acids is 1. The molecule has 0 bridgehead atoms. The molecule has 3 aromatic rings. The fourth-order valence-corrected chi connectivity index (χ4v) is 4.73. The zero-order valence-electron chi connectivity index (χ0n) is 14.9. The van der Waals surface area contributed by atoms with Gasteiger partial charge in [-0.15, -0.1) is 0 Å². The van der Waals surface area contributed by atoms with E-state index in [0.29, 0.717) is 5.52 Å². The maximum Gasteiger partial charge on any atom is 0.323 e. The average Bonchev–Trinajstić information content (AvgIpc) is 2.87. The molecule has 0 fully saturated rings. The summed E-state index contributed by atoms with van der Waals surface area (Å²) < 4.78 is 42.8. The summed E-state index contributed by atoms with van der Waals surface area (Å²) in [4.78, 5) is 11.1. The molecule has 1 N–H and O–H groups in total. The molecule has 0 aliphatic heterocycles. The maximum absolute atomic E-state index is 13.8. The summed E-state index contributed by atoms with van der Waals surface area (Å²) in [6.07, 6.45) is 0. The number of aromatic nitrogens is 1. The van der Waals surface area contributed by atoms with Gasteiger partial charge < -0.3 is 9.67 Å². The highest BCUT2D eigenvalue weighted by Gasteiger charge is 2.29. The molecule has 0 aliphatic carbocycles. The van der Waals surface area contributed by atoms with E-state index in [1.54, 1.807) is 0 Å². The van der Waals surface area contributed by atoms with Gasteiger partial charge in [0.1, 0.15) is 17.3 Å². The number of fused-ring (bicyclic) bond motifs is 1. The fraction of sp³-hybridized carbons (Fsp3) is 0.211. The van der Waals surface area contributed by atoms with Crippen LogP contribution in [-0.4, -0.2) is 35.4 Å². The number of nitrogens with zero attached hydrogens (tertiary/aromatic N) is 2. The number of benzene rings is 2. The Kier molecular flexibility index (Phi) is 5.03. The number of rotatable bonds is 6. The van der Waals surface area contributed by atoms with E-state index in [4.69, 9.17) is 5.11 Å². The van der Waals surface area contributed by atoms with E-state index >= 15 is 0 Å². The Morgan fingerprint density at radius 2 is 1.85 bits per heavy atom. The monoisotopic (exact) mass is 390 g/mol. The second-order valence-electron chi connectivity index (χ2n) is 6.30. The van der Waals surface area contributed by atoms with Crippen molar-refractivity contribution in [1.29, 1.82) is 0 Å². The van der Waals surface area contributed by atoms with Crippen LogP contribution >= 0.6 is 0 Å². The molecule has 27 heavy (non-hydrogen) atoms. The molecule has 3 rings (SSSR count). The SMILES string of the molecule is Cc1c(S(=O)(=O)N(C)Cc2ccccc2)c2cc(F)ccc2n1CC(=O)O. The average molecular weight is 390 g/mol. The molecule has 0 aliphatic rings. The minimum atomic E-state index is -3.97. The summed E-state index contributed by atoms with van der Waals surface area (Å²) in [5.41, 5.74) is 1.43. The van der Waals surface area contributed by atoms with Crippen LogP contribution in [0.3, 0.4) is 0 Å². The first-order chi connectivity index (χ1) is 12.7. The highest BCUT2D eigenvalue weighted by molar-refractivity contribution is 7.89. The molecule has 0 saturated heterocycles. The van der Waals surface area contributed by atoms with Crippen LogP contribution in [0.4, 0.5) is 4.39 Å². The van der Waals surface area contributed by atoms with Crippen molar-refractivity contribution in [3.05, 3.63) is 65.6 Å². The number of aliphatic carboxylic acids is 1. The van der Waals surface area contributed by atoms with E-state index in [1.807, 2.05) is 30.3 Å². The molecule has 1 heterocycles. The van der Waals surface area contributed by atoms with Gasteiger partial charge in [-0.2, -0.15) is 4.31 Å². The van der Waals surface area contributed by atoms with Crippen molar-refractivity contribution in [2.24, 2.45) is 0 Å². The van der Waals surface area contributed by atoms with Crippen LogP contribution in [0.1, 0.15) is 11.3 Å². The van der Waals surface area contributed by atoms with Crippen LogP contribution < -0.4 is 0 Å². The number of carboxylic acid groups (broad SMARTS) is 1. The third-order valence-corrected chi connectivity index (χ3v) is 6.42. The summed E-state index contributed by atoms with van der Waals surface area (Å²) in [7, 11) is -2.53. The van der Waals surface area contributed by atoms with Gasteiger partial charge in [0.15, 0.2) is 0 Å². The number of halogens is 1. The first kappa shape index (κ1) is 19.1. The van der Waals surface area contributed by atoms with Crippen molar-refractivity contribution in [1.82, 2.24) is 8.87 Å². The Morgan fingerprint density at radius 3 is 2.48 bits per heavy atom. The number of sulfonamides is 1. The predicted octanol–water partition coefficient (Wildman–Crippen LogP) is 2.99. The predicted molar refractivity (Wildman–Crippen MR) is 99.4 cm³/mol. The molecule has 0 atom stereocenters. The quantitative estimate of drug-likeness (QED) is 0.702. The molecule has 6 nitrogen and oxygen atoms in total. The molecule has 8 heteroatoms. The van der Waals surface area contributed by atoms with E-state index in [1.165, 1.54) is 35.0 Å². The third kappa shape index (κ3) is 3.58. The Balaban J connectivity index is 2.15. The summed E-state index contributed by atoms with van der Waals surface area (Å²) in [6, 6.07) is 12.8. The van der Waals surface area contributed by atoms with Crippen LogP contribution in [0.2, 0.25) is 0 Å². The fourth-order valence-electron chi connectivity index (χ4n) is 3.17. The molecule has 0 unspecified atom stereocenters. The first-order valence-corrected chi connectivity index (χ1v) is 9.66. The van der Waals surface area contributed by atoms with Gasteiger partial charge in [-0.1, -0.05) is 30.3 Å². The molecule has 0 amide bonds. The van der Waals surface area contributed by atoms with Crippen LogP contribution in [0.5, 0.6) is 0 Å². The van der Waals surface area contributed by atoms with Gasteiger partial charge in [0.05, 0.1) is 5.52 Å². The molecule has 0 spiro atoms. The largest absolute Gasteiger partial charge is 0.480 e. The van der Waals surface area contributed by atoms with Gasteiger partial charge in [0, 0.05) is 24.7 Å². The number of hydrogen-bond donors (Lipinski definition) is 1. The normalized spacial score (nSPS) is 12.0. The zero-order chi connectivity index (χ0) is 19.8. The van der Waals surface area contributed by atoms with Gasteiger partial charge in [-0.3, -0.25) is 4.79 Å². The van der Waals surface area contributed by atoms with Crippen molar-refractivity contribution in [3.8, 4) is 0 Å². The van der Waals surface area contributed by atoms with Crippen molar-refractivity contribution in [2.75, 3.05) is 7.05 Å². The maximum atomic E-state index is 13.8. The van der Waals surface area contributed by atoms with Crippen LogP contribution in [0, 0.1) is 12.7 Å². The molecule has 0 radical (unpaired) electrons. The molecule has 0 saturated carbocycles. The van der Waals surface area contributed by atoms with E-state index in [9.17, 15) is 17.6 Å². The van der Waals surface area contributed by atoms with Gasteiger partial charge in [0.25, 0.3) is 0 Å². The standard InChI is InChI=1S/C19H19FN2O4S/c1-13-19(27(25,26)21(2)11-14-6-4-3-5-7-14)16-10-15(20)8-9-17(16)22(13)12-18(23)24/h3-10H,11-12H2,1-2H3,(H,23,24). The summed E-state index contributed by atoms with van der Waals surface area (Å²) >= 11 is 0. The second kappa shape index (κ2) is 7.13. The summed E-state index contributed by atoms with van der Waals surface area (Å²) in [6.45, 7) is 1.26. The molecular weight excluding hydrogens is 371 g/mol. The molecule has 142 valence electrons. The van der Waals surface area contributed by atoms with Crippen molar-refractivity contribution in [2.45, 2.75) is 24.9 Å². The lowest BCUT2D eigenvalue weighted by Crippen LogP contribution is -2.27. The van der Waals surface area contributed by atoms with Crippen molar-refractivity contribution in [3.63, 3.8) is 0 Å². The molecule has 2 aromatic carbocycles. The Labute approximate surface area is 156 Å². The summed E-state index contributed by atoms with van der Waals surface area (Å²) in [5.74, 6) is -1.70. The van der Waals surface area contributed by atoms with E-state index in [0.717, 1.165) is 11.6 Å². The Morgan fingerprint density at radius 1 is 1.19 bits per heavy atom. The lowest BCUT2D eigenvalue weighted by Gasteiger charge is -2.18. The highest BCUT2D eigenvalue weighted by atomic mass is 32.2. The van der Waals surface area contributed by atoms with E-state index < -0.39 is 28.4 Å². The topological polar surface area (TPSA) is 79.6 Å². The van der Waals surface area contributed by atoms with Crippen molar-refractivity contribution < 1.29 is 22.7 Å². The van der Waals surface area contributed by atoms with Gasteiger partial charge in [-0.05, 0) is 30.7 Å². The minimum absolute atomic E-state index is 0.0725. The second-order valence-corrected chi connectivity index (χ2v) is 8.28. The van der Waals surface area contributed by atoms with E-state index in [-0.39, 0.29) is 22.5 Å².